The molecule has 2 heterocycles. The third-order valence-electron chi connectivity index (χ3n) is 2.45. The van der Waals surface area contributed by atoms with Crippen molar-refractivity contribution in [3.63, 3.8) is 0 Å². The van der Waals surface area contributed by atoms with Crippen LogP contribution in [0.25, 0.3) is 0 Å². The van der Waals surface area contributed by atoms with Crippen molar-refractivity contribution in [2.45, 2.75) is 6.54 Å². The summed E-state index contributed by atoms with van der Waals surface area (Å²) in [6.45, 7) is 1.20. The predicted molar refractivity (Wildman–Crippen MR) is 65.9 cm³/mol. The second-order valence-electron chi connectivity index (χ2n) is 3.45. The van der Waals surface area contributed by atoms with E-state index in [1.54, 1.807) is 0 Å². The smallest absolute Gasteiger partial charge is 0.192 e. The van der Waals surface area contributed by atoms with Crippen molar-refractivity contribution >= 4 is 22.7 Å². The van der Waals surface area contributed by atoms with E-state index in [0.717, 1.165) is 0 Å². The normalized spacial score (nSPS) is 16.0. The lowest BCUT2D eigenvalue weighted by molar-refractivity contribution is -0.692. The molecule has 0 amide bonds. The fourth-order valence-electron chi connectivity index (χ4n) is 1.58. The molecule has 0 bridgehead atoms. The monoisotopic (exact) mass is 297 g/mol. The number of pyridine rings is 1. The second-order valence-corrected chi connectivity index (χ2v) is 7.12. The molecule has 16 heavy (non-hydrogen) atoms. The van der Waals surface area contributed by atoms with Crippen LogP contribution in [0.1, 0.15) is 0 Å². The molecule has 0 aliphatic carbocycles. The van der Waals surface area contributed by atoms with Gasteiger partial charge in [0.15, 0.2) is 24.7 Å². The maximum atomic E-state index is 2.30. The van der Waals surface area contributed by atoms with Crippen LogP contribution in [0.4, 0.5) is 0 Å². The zero-order valence-corrected chi connectivity index (χ0v) is 12.3. The Hall–Kier alpha value is 0.430. The van der Waals surface area contributed by atoms with Crippen LogP contribution in [0.5, 0.6) is 0 Å². The Morgan fingerprint density at radius 2 is 1.62 bits per heavy atom. The molecule has 1 aliphatic heterocycles. The molecule has 1 fully saturated rings. The lowest BCUT2D eigenvalue weighted by Gasteiger charge is -2.11. The van der Waals surface area contributed by atoms with Gasteiger partial charge in [-0.2, -0.15) is 11.8 Å². The van der Waals surface area contributed by atoms with Crippen LogP contribution in [0.2, 0.25) is 0 Å². The summed E-state index contributed by atoms with van der Waals surface area (Å²) in [6, 6.07) is 6.30. The highest BCUT2D eigenvalue weighted by Gasteiger charge is 2.23. The van der Waals surface area contributed by atoms with E-state index in [1.165, 1.54) is 35.3 Å². The molecule has 0 radical (unpaired) electrons. The zero-order valence-electron chi connectivity index (χ0n) is 9.15. The first-order chi connectivity index (χ1) is 6.95. The van der Waals surface area contributed by atoms with E-state index in [9.17, 15) is 0 Å². The molecule has 0 unspecified atom stereocenters. The Morgan fingerprint density at radius 1 is 1.00 bits per heavy atom. The number of nitrogens with zero attached hydrogens (tertiary/aromatic N) is 1. The fraction of sp³-hybridized carbons (Fsp3) is 0.545. The number of halogens is 2. The highest BCUT2D eigenvalue weighted by molar-refractivity contribution is 8.05. The molecule has 1 aromatic rings. The summed E-state index contributed by atoms with van der Waals surface area (Å²) in [7, 11) is 0.713. The standard InChI is InChI=1S/C11H17NS2.2ClH/c1-2-4-12(5-3-1)6-9-14-10-7-13-8-11-14;;/h1-5H,6-11H2;2*1H/q+2;;/p-2. The van der Waals surface area contributed by atoms with Crippen LogP contribution in [-0.2, 0) is 17.4 Å². The van der Waals surface area contributed by atoms with E-state index in [1.807, 2.05) is 0 Å². The van der Waals surface area contributed by atoms with Crippen molar-refractivity contribution in [3.05, 3.63) is 30.6 Å². The summed E-state index contributed by atoms with van der Waals surface area (Å²) in [5.74, 6) is 7.08. The number of aromatic nitrogens is 1. The van der Waals surface area contributed by atoms with E-state index in [0.29, 0.717) is 10.9 Å². The summed E-state index contributed by atoms with van der Waals surface area (Å²) in [5, 5.41) is 0. The lowest BCUT2D eigenvalue weighted by Crippen LogP contribution is -3.00. The highest BCUT2D eigenvalue weighted by atomic mass is 35.5. The number of hydrogen-bond acceptors (Lipinski definition) is 1. The first-order valence-corrected chi connectivity index (χ1v) is 8.00. The molecule has 0 saturated carbocycles. The van der Waals surface area contributed by atoms with Crippen molar-refractivity contribution in [3.8, 4) is 0 Å². The Kier molecular flexibility index (Phi) is 9.71. The van der Waals surface area contributed by atoms with Gasteiger partial charge < -0.3 is 24.8 Å². The van der Waals surface area contributed by atoms with Crippen LogP contribution in [0, 0.1) is 0 Å². The molecule has 0 aromatic carbocycles. The number of aryl methyl sites for hydroxylation is 1. The summed E-state index contributed by atoms with van der Waals surface area (Å²) >= 11 is 2.12. The molecular weight excluding hydrogens is 281 g/mol. The van der Waals surface area contributed by atoms with Crippen LogP contribution in [-0.4, -0.2) is 28.8 Å². The number of rotatable bonds is 3. The first-order valence-electron chi connectivity index (χ1n) is 5.11. The largest absolute Gasteiger partial charge is 1.00 e. The lowest BCUT2D eigenvalue weighted by atomic mass is 10.5. The van der Waals surface area contributed by atoms with E-state index in [4.69, 9.17) is 0 Å². The maximum Gasteiger partial charge on any atom is 0.192 e. The molecule has 5 heteroatoms. The summed E-state index contributed by atoms with van der Waals surface area (Å²) in [6.07, 6.45) is 4.34. The van der Waals surface area contributed by atoms with Gasteiger partial charge in [0.1, 0.15) is 11.5 Å². The Balaban J connectivity index is 0.00000112. The van der Waals surface area contributed by atoms with E-state index in [2.05, 4.69) is 46.9 Å². The van der Waals surface area contributed by atoms with Crippen LogP contribution < -0.4 is 29.4 Å². The number of thioether (sulfide) groups is 1. The van der Waals surface area contributed by atoms with Crippen molar-refractivity contribution in [1.82, 2.24) is 0 Å². The molecule has 1 aliphatic rings. The van der Waals surface area contributed by atoms with Gasteiger partial charge >= 0.3 is 0 Å². The molecule has 1 aromatic heterocycles. The van der Waals surface area contributed by atoms with Crippen LogP contribution in [0.3, 0.4) is 0 Å². The van der Waals surface area contributed by atoms with Crippen LogP contribution in [0.15, 0.2) is 30.6 Å². The molecular formula is C11H17Cl2NS2. The third-order valence-corrected chi connectivity index (χ3v) is 6.27. The van der Waals surface area contributed by atoms with E-state index < -0.39 is 0 Å². The quantitative estimate of drug-likeness (QED) is 0.401. The molecule has 0 atom stereocenters. The van der Waals surface area contributed by atoms with Gasteiger partial charge in [0, 0.05) is 23.6 Å². The Morgan fingerprint density at radius 3 is 2.25 bits per heavy atom. The first kappa shape index (κ1) is 16.4. The summed E-state index contributed by atoms with van der Waals surface area (Å²) in [5.41, 5.74) is 0. The van der Waals surface area contributed by atoms with Crippen molar-refractivity contribution in [2.75, 3.05) is 28.8 Å². The second kappa shape index (κ2) is 9.46. The highest BCUT2D eigenvalue weighted by Crippen LogP contribution is 2.13. The van der Waals surface area contributed by atoms with Gasteiger partial charge in [0.05, 0.1) is 0 Å². The summed E-state index contributed by atoms with van der Waals surface area (Å²) < 4.78 is 2.30. The van der Waals surface area contributed by atoms with Crippen molar-refractivity contribution in [1.29, 1.82) is 0 Å². The number of hydrogen-bond donors (Lipinski definition) is 0. The SMILES string of the molecule is [Cl-].[Cl-].c1cc[n+](CC[S+]2CCSCC2)cc1. The minimum Gasteiger partial charge on any atom is -1.00 e. The van der Waals surface area contributed by atoms with Crippen molar-refractivity contribution < 1.29 is 29.4 Å². The van der Waals surface area contributed by atoms with Gasteiger partial charge in [-0.25, -0.2) is 4.57 Å². The molecule has 1 nitrogen and oxygen atoms in total. The third kappa shape index (κ3) is 5.67. The van der Waals surface area contributed by atoms with Gasteiger partial charge in [-0.15, -0.1) is 0 Å². The van der Waals surface area contributed by atoms with E-state index in [-0.39, 0.29) is 24.8 Å². The Labute approximate surface area is 118 Å². The molecule has 0 spiro atoms. The maximum absolute atomic E-state index is 2.30. The van der Waals surface area contributed by atoms with Gasteiger partial charge in [-0.05, 0) is 10.9 Å². The van der Waals surface area contributed by atoms with E-state index >= 15 is 0 Å². The van der Waals surface area contributed by atoms with Gasteiger partial charge in [-0.1, -0.05) is 6.07 Å². The van der Waals surface area contributed by atoms with Crippen LogP contribution >= 0.6 is 11.8 Å². The average Bonchev–Trinajstić information content (AvgIpc) is 2.29. The predicted octanol–water partition coefficient (Wildman–Crippen LogP) is -4.65. The van der Waals surface area contributed by atoms with Gasteiger partial charge in [-0.3, -0.25) is 0 Å². The fourth-order valence-corrected chi connectivity index (χ4v) is 5.69. The molecule has 2 rings (SSSR count). The van der Waals surface area contributed by atoms with Crippen molar-refractivity contribution in [2.24, 2.45) is 0 Å². The summed E-state index contributed by atoms with van der Waals surface area (Å²) in [4.78, 5) is 0. The Bertz CT molecular complexity index is 266. The molecule has 92 valence electrons. The average molecular weight is 298 g/mol. The van der Waals surface area contributed by atoms with Gasteiger partial charge in [0.25, 0.3) is 0 Å². The van der Waals surface area contributed by atoms with Gasteiger partial charge in [0.2, 0.25) is 0 Å². The molecule has 1 saturated heterocycles. The molecule has 0 N–H and O–H groups in total. The topological polar surface area (TPSA) is 3.88 Å². The minimum atomic E-state index is 0. The minimum absolute atomic E-state index is 0. The zero-order chi connectivity index (χ0) is 9.64.